The van der Waals surface area contributed by atoms with E-state index >= 15 is 0 Å². The molecule has 31 heavy (non-hydrogen) atoms. The number of nitrogens with zero attached hydrogens (tertiary/aromatic N) is 4. The molecule has 5 atom stereocenters. The standard InChI is InChI=1S/C19H23N5O7/c1-30-11-4-10(26)3-2-9(11)5-20-17-13-18(22-7-21-13)24(8-23-17)19-16(29)15(28)14(27)12(6-25)31-19/h2-4,7-8,12,14-16,19,25-29H,5-6H2,1H3,(H,21,22)/t12-,14-,15+,16-,19?/m1/s1. The largest absolute Gasteiger partial charge is 0.508 e. The topological polar surface area (TPSA) is 178 Å². The molecule has 4 rings (SSSR count). The van der Waals surface area contributed by atoms with E-state index in [0.717, 1.165) is 5.56 Å². The Balaban J connectivity index is 1.70. The number of methoxy groups -OCH3 is 1. The quantitative estimate of drug-likeness (QED) is 0.281. The van der Waals surface area contributed by atoms with Gasteiger partial charge in [-0.1, -0.05) is 0 Å². The molecule has 0 saturated carbocycles. The zero-order chi connectivity index (χ0) is 22.1. The number of aliphatic hydroxyl groups is 4. The molecule has 3 aromatic rings. The fraction of sp³-hybridized carbons (Fsp3) is 0.421. The van der Waals surface area contributed by atoms with Crippen molar-refractivity contribution in [3.8, 4) is 11.5 Å². The number of aliphatic hydroxyl groups excluding tert-OH is 4. The van der Waals surface area contributed by atoms with E-state index < -0.39 is 37.3 Å². The molecular weight excluding hydrogens is 410 g/mol. The number of hydrogen-bond acceptors (Lipinski definition) is 10. The normalized spacial score (nSPS) is 27.0. The molecule has 0 aliphatic carbocycles. The van der Waals surface area contributed by atoms with Gasteiger partial charge in [0.05, 0.1) is 26.6 Å². The highest BCUT2D eigenvalue weighted by molar-refractivity contribution is 5.68. The number of fused-ring (bicyclic) bond motifs is 1. The van der Waals surface area contributed by atoms with Crippen molar-refractivity contribution >= 4 is 11.2 Å². The highest BCUT2D eigenvalue weighted by atomic mass is 16.6. The highest BCUT2D eigenvalue weighted by Gasteiger charge is 2.44. The van der Waals surface area contributed by atoms with Gasteiger partial charge in [-0.2, -0.15) is 0 Å². The number of aromatic hydroxyl groups is 1. The maximum Gasteiger partial charge on any atom is 0.177 e. The summed E-state index contributed by atoms with van der Waals surface area (Å²) < 4.78 is 12.3. The van der Waals surface area contributed by atoms with Crippen molar-refractivity contribution in [3.63, 3.8) is 0 Å². The minimum atomic E-state index is -1.52. The van der Waals surface area contributed by atoms with E-state index in [9.17, 15) is 25.5 Å². The summed E-state index contributed by atoms with van der Waals surface area (Å²) >= 11 is 0. The van der Waals surface area contributed by atoms with Crippen molar-refractivity contribution in [2.24, 2.45) is 4.99 Å². The molecule has 0 bridgehead atoms. The lowest BCUT2D eigenvalue weighted by Crippen LogP contribution is -2.56. The molecule has 2 aromatic heterocycles. The summed E-state index contributed by atoms with van der Waals surface area (Å²) in [5.74, 6) is 0.562. The number of ether oxygens (including phenoxy) is 2. The first-order chi connectivity index (χ1) is 14.9. The van der Waals surface area contributed by atoms with Gasteiger partial charge in [0.15, 0.2) is 17.4 Å². The molecule has 1 unspecified atom stereocenters. The first kappa shape index (κ1) is 21.2. The molecule has 12 nitrogen and oxygen atoms in total. The monoisotopic (exact) mass is 433 g/mol. The van der Waals surface area contributed by atoms with Gasteiger partial charge in [-0.05, 0) is 12.1 Å². The molecule has 166 valence electrons. The number of nitrogens with one attached hydrogen (secondary N) is 1. The van der Waals surface area contributed by atoms with Gasteiger partial charge in [-0.25, -0.2) is 9.97 Å². The predicted molar refractivity (Wildman–Crippen MR) is 105 cm³/mol. The molecular formula is C19H23N5O7. The zero-order valence-electron chi connectivity index (χ0n) is 16.5. The second-order valence-electron chi connectivity index (χ2n) is 7.11. The third kappa shape index (κ3) is 3.86. The lowest BCUT2D eigenvalue weighted by molar-refractivity contribution is -0.250. The van der Waals surface area contributed by atoms with E-state index in [1.807, 2.05) is 0 Å². The number of rotatable bonds is 5. The number of aromatic nitrogens is 4. The van der Waals surface area contributed by atoms with Gasteiger partial charge in [0, 0.05) is 11.6 Å². The number of phenols is 1. The van der Waals surface area contributed by atoms with Crippen molar-refractivity contribution in [1.82, 2.24) is 19.5 Å². The summed E-state index contributed by atoms with van der Waals surface area (Å²) in [5.41, 5.74) is 1.87. The van der Waals surface area contributed by atoms with Crippen LogP contribution in [0.5, 0.6) is 11.5 Å². The molecule has 12 heteroatoms. The second kappa shape index (κ2) is 8.61. The summed E-state index contributed by atoms with van der Waals surface area (Å²) in [5, 5.41) is 49.5. The Morgan fingerprint density at radius 3 is 2.74 bits per heavy atom. The van der Waals surface area contributed by atoms with Gasteiger partial charge in [-0.15, -0.1) is 0 Å². The molecule has 1 aliphatic rings. The van der Waals surface area contributed by atoms with Crippen molar-refractivity contribution in [2.75, 3.05) is 13.7 Å². The van der Waals surface area contributed by atoms with Crippen LogP contribution in [-0.2, 0) is 11.3 Å². The van der Waals surface area contributed by atoms with Crippen molar-refractivity contribution in [2.45, 2.75) is 37.2 Å². The van der Waals surface area contributed by atoms with Crippen molar-refractivity contribution in [3.05, 3.63) is 41.9 Å². The van der Waals surface area contributed by atoms with E-state index in [4.69, 9.17) is 9.47 Å². The van der Waals surface area contributed by atoms with E-state index in [1.54, 1.807) is 6.07 Å². The Morgan fingerprint density at radius 2 is 2.00 bits per heavy atom. The molecule has 0 radical (unpaired) electrons. The molecule has 0 spiro atoms. The van der Waals surface area contributed by atoms with Gasteiger partial charge in [0.2, 0.25) is 0 Å². The Morgan fingerprint density at radius 1 is 1.19 bits per heavy atom. The maximum absolute atomic E-state index is 10.4. The Bertz CT molecular complexity index is 1130. The SMILES string of the molecule is COc1cc(O)ccc1CN=c1ncn(C2O[C@H](CO)[C@@H](O)[C@H](O)[C@H]2O)c2nc[nH]c12. The number of benzene rings is 1. The fourth-order valence-electron chi connectivity index (χ4n) is 3.53. The van der Waals surface area contributed by atoms with Crippen molar-refractivity contribution < 1.29 is 35.0 Å². The lowest BCUT2D eigenvalue weighted by Gasteiger charge is -2.40. The third-order valence-electron chi connectivity index (χ3n) is 5.20. The molecule has 6 N–H and O–H groups in total. The van der Waals surface area contributed by atoms with Crippen LogP contribution in [0.3, 0.4) is 0 Å². The first-order valence-electron chi connectivity index (χ1n) is 9.51. The average Bonchev–Trinajstić information content (AvgIpc) is 3.27. The average molecular weight is 433 g/mol. The van der Waals surface area contributed by atoms with E-state index in [-0.39, 0.29) is 12.3 Å². The van der Waals surface area contributed by atoms with Gasteiger partial charge in [-0.3, -0.25) is 9.56 Å². The summed E-state index contributed by atoms with van der Waals surface area (Å²) in [4.78, 5) is 16.0. The summed E-state index contributed by atoms with van der Waals surface area (Å²) in [6, 6.07) is 4.71. The Hall–Kier alpha value is -3.03. The Labute approximate surface area is 175 Å². The number of H-pyrrole nitrogens is 1. The van der Waals surface area contributed by atoms with Crippen LogP contribution in [0.4, 0.5) is 0 Å². The molecule has 3 heterocycles. The molecule has 1 aliphatic heterocycles. The van der Waals surface area contributed by atoms with Crippen LogP contribution in [-0.4, -0.2) is 83.2 Å². The van der Waals surface area contributed by atoms with Crippen LogP contribution < -0.4 is 10.2 Å². The molecule has 0 amide bonds. The van der Waals surface area contributed by atoms with Crippen LogP contribution in [0.15, 0.2) is 35.8 Å². The van der Waals surface area contributed by atoms with Crippen LogP contribution in [0.25, 0.3) is 11.2 Å². The van der Waals surface area contributed by atoms with Crippen molar-refractivity contribution in [1.29, 1.82) is 0 Å². The van der Waals surface area contributed by atoms with E-state index in [0.29, 0.717) is 22.4 Å². The third-order valence-corrected chi connectivity index (χ3v) is 5.20. The minimum Gasteiger partial charge on any atom is -0.508 e. The number of hydrogen-bond donors (Lipinski definition) is 6. The lowest BCUT2D eigenvalue weighted by atomic mass is 9.98. The number of aromatic amines is 1. The van der Waals surface area contributed by atoms with E-state index in [2.05, 4.69) is 19.9 Å². The first-order valence-corrected chi connectivity index (χ1v) is 9.51. The summed E-state index contributed by atoms with van der Waals surface area (Å²) in [6.07, 6.45) is -3.89. The van der Waals surface area contributed by atoms with Crippen LogP contribution in [0, 0.1) is 0 Å². The molecule has 1 aromatic carbocycles. The fourth-order valence-corrected chi connectivity index (χ4v) is 3.53. The van der Waals surface area contributed by atoms with Crippen LogP contribution >= 0.6 is 0 Å². The maximum atomic E-state index is 10.4. The van der Waals surface area contributed by atoms with Crippen LogP contribution in [0.2, 0.25) is 0 Å². The molecule has 1 saturated heterocycles. The second-order valence-corrected chi connectivity index (χ2v) is 7.11. The highest BCUT2D eigenvalue weighted by Crippen LogP contribution is 2.29. The van der Waals surface area contributed by atoms with Crippen LogP contribution in [0.1, 0.15) is 11.8 Å². The molecule has 1 fully saturated rings. The Kier molecular flexibility index (Phi) is 5.89. The smallest absolute Gasteiger partial charge is 0.177 e. The summed E-state index contributed by atoms with van der Waals surface area (Å²) in [7, 11) is 1.50. The zero-order valence-corrected chi connectivity index (χ0v) is 16.5. The van der Waals surface area contributed by atoms with E-state index in [1.165, 1.54) is 36.5 Å². The minimum absolute atomic E-state index is 0.0787. The summed E-state index contributed by atoms with van der Waals surface area (Å²) in [6.45, 7) is -0.324. The number of phenolic OH excluding ortho intramolecular Hbond substituents is 1. The van der Waals surface area contributed by atoms with Gasteiger partial charge < -0.3 is 40.0 Å². The van der Waals surface area contributed by atoms with Gasteiger partial charge in [0.1, 0.15) is 47.8 Å². The van der Waals surface area contributed by atoms with Gasteiger partial charge in [0.25, 0.3) is 0 Å². The number of imidazole rings is 1. The van der Waals surface area contributed by atoms with Gasteiger partial charge >= 0.3 is 0 Å². The predicted octanol–water partition coefficient (Wildman–Crippen LogP) is -1.45.